The van der Waals surface area contributed by atoms with E-state index < -0.39 is 0 Å². The van der Waals surface area contributed by atoms with Crippen LogP contribution < -0.4 is 0 Å². The molecule has 1 aromatic carbocycles. The highest BCUT2D eigenvalue weighted by atomic mass is 79.9. The predicted octanol–water partition coefficient (Wildman–Crippen LogP) is 5.72. The molecule has 1 heterocycles. The second-order valence-corrected chi connectivity index (χ2v) is 6.72. The Hall–Kier alpha value is -0.640. The van der Waals surface area contributed by atoms with Gasteiger partial charge in [0.05, 0.1) is 10.2 Å². The maximum Gasteiger partial charge on any atom is 0.161 e. The van der Waals surface area contributed by atoms with Crippen molar-refractivity contribution in [3.63, 3.8) is 0 Å². The molecule has 0 amide bonds. The summed E-state index contributed by atoms with van der Waals surface area (Å²) < 4.78 is 0.773. The summed E-state index contributed by atoms with van der Waals surface area (Å²) in [5, 5.41) is 1.14. The SMILES string of the molecule is Cc1ccc(-c2nc(Cl)c(Br)c(CC(C)C)n2)cc1Cl. The number of nitrogens with zero attached hydrogens (tertiary/aromatic N) is 2. The monoisotopic (exact) mass is 372 g/mol. The van der Waals surface area contributed by atoms with Crippen LogP contribution in [0.3, 0.4) is 0 Å². The largest absolute Gasteiger partial charge is 0.232 e. The van der Waals surface area contributed by atoms with E-state index in [2.05, 4.69) is 39.7 Å². The van der Waals surface area contributed by atoms with Gasteiger partial charge in [-0.15, -0.1) is 0 Å². The molecular weight excluding hydrogens is 359 g/mol. The molecule has 1 aromatic heterocycles. The number of hydrogen-bond acceptors (Lipinski definition) is 2. The predicted molar refractivity (Wildman–Crippen MR) is 88.5 cm³/mol. The number of rotatable bonds is 3. The molecule has 2 nitrogen and oxygen atoms in total. The third kappa shape index (κ3) is 3.51. The van der Waals surface area contributed by atoms with Crippen LogP contribution in [0.4, 0.5) is 0 Å². The fraction of sp³-hybridized carbons (Fsp3) is 0.333. The van der Waals surface area contributed by atoms with E-state index in [-0.39, 0.29) is 0 Å². The van der Waals surface area contributed by atoms with Crippen molar-refractivity contribution in [2.45, 2.75) is 27.2 Å². The van der Waals surface area contributed by atoms with Gasteiger partial charge in [-0.25, -0.2) is 9.97 Å². The summed E-state index contributed by atoms with van der Waals surface area (Å²) >= 11 is 15.8. The number of benzene rings is 1. The van der Waals surface area contributed by atoms with Crippen LogP contribution in [0.15, 0.2) is 22.7 Å². The van der Waals surface area contributed by atoms with E-state index in [9.17, 15) is 0 Å². The van der Waals surface area contributed by atoms with Gasteiger partial charge in [0.1, 0.15) is 5.15 Å². The normalized spacial score (nSPS) is 11.2. The van der Waals surface area contributed by atoms with Crippen LogP contribution >= 0.6 is 39.1 Å². The first-order chi connectivity index (χ1) is 9.38. The first kappa shape index (κ1) is 15.7. The average Bonchev–Trinajstić information content (AvgIpc) is 2.37. The van der Waals surface area contributed by atoms with Gasteiger partial charge in [0.25, 0.3) is 0 Å². The number of hydrogen-bond donors (Lipinski definition) is 0. The summed E-state index contributed by atoms with van der Waals surface area (Å²) in [5.41, 5.74) is 2.83. The van der Waals surface area contributed by atoms with Gasteiger partial charge in [0, 0.05) is 10.6 Å². The molecule has 0 aliphatic carbocycles. The molecule has 2 rings (SSSR count). The minimum atomic E-state index is 0.433. The van der Waals surface area contributed by atoms with Crippen molar-refractivity contribution in [1.29, 1.82) is 0 Å². The van der Waals surface area contributed by atoms with Crippen LogP contribution in [0.25, 0.3) is 11.4 Å². The Kier molecular flexibility index (Phi) is 5.05. The molecule has 0 radical (unpaired) electrons. The van der Waals surface area contributed by atoms with Gasteiger partial charge in [-0.1, -0.05) is 49.2 Å². The molecule has 0 bridgehead atoms. The lowest BCUT2D eigenvalue weighted by molar-refractivity contribution is 0.632. The third-order valence-electron chi connectivity index (χ3n) is 2.91. The second kappa shape index (κ2) is 6.42. The van der Waals surface area contributed by atoms with E-state index in [1.54, 1.807) is 0 Å². The molecule has 0 aliphatic rings. The lowest BCUT2D eigenvalue weighted by Crippen LogP contribution is -2.02. The van der Waals surface area contributed by atoms with Crippen molar-refractivity contribution in [2.24, 2.45) is 5.92 Å². The topological polar surface area (TPSA) is 25.8 Å². The molecule has 0 N–H and O–H groups in total. The summed E-state index contributed by atoms with van der Waals surface area (Å²) in [6.07, 6.45) is 0.843. The van der Waals surface area contributed by atoms with Crippen molar-refractivity contribution >= 4 is 39.1 Å². The van der Waals surface area contributed by atoms with Crippen LogP contribution in [0.1, 0.15) is 25.1 Å². The number of aryl methyl sites for hydroxylation is 1. The summed E-state index contributed by atoms with van der Waals surface area (Å²) in [6, 6.07) is 5.79. The minimum Gasteiger partial charge on any atom is -0.232 e. The second-order valence-electron chi connectivity index (χ2n) is 5.16. The van der Waals surface area contributed by atoms with Crippen molar-refractivity contribution in [2.75, 3.05) is 0 Å². The fourth-order valence-electron chi connectivity index (χ4n) is 1.85. The molecule has 0 spiro atoms. The smallest absolute Gasteiger partial charge is 0.161 e. The fourth-order valence-corrected chi connectivity index (χ4v) is 2.55. The van der Waals surface area contributed by atoms with Gasteiger partial charge in [0.2, 0.25) is 0 Å². The summed E-state index contributed by atoms with van der Waals surface area (Å²) in [4.78, 5) is 8.94. The zero-order valence-electron chi connectivity index (χ0n) is 11.5. The average molecular weight is 374 g/mol. The maximum absolute atomic E-state index is 6.19. The molecular formula is C15H15BrCl2N2. The van der Waals surface area contributed by atoms with E-state index in [0.717, 1.165) is 27.7 Å². The van der Waals surface area contributed by atoms with Crippen molar-refractivity contribution in [1.82, 2.24) is 9.97 Å². The van der Waals surface area contributed by atoms with Gasteiger partial charge in [-0.2, -0.15) is 0 Å². The molecule has 0 unspecified atom stereocenters. The molecule has 0 atom stereocenters. The molecule has 2 aromatic rings. The lowest BCUT2D eigenvalue weighted by Gasteiger charge is -2.10. The summed E-state index contributed by atoms with van der Waals surface area (Å²) in [7, 11) is 0. The van der Waals surface area contributed by atoms with Crippen LogP contribution in [-0.4, -0.2) is 9.97 Å². The Labute approximate surface area is 137 Å². The first-order valence-electron chi connectivity index (χ1n) is 6.37. The molecule has 0 fully saturated rings. The van der Waals surface area contributed by atoms with E-state index in [1.807, 2.05) is 25.1 Å². The van der Waals surface area contributed by atoms with Gasteiger partial charge < -0.3 is 0 Å². The van der Waals surface area contributed by atoms with E-state index in [1.165, 1.54) is 0 Å². The molecule has 5 heteroatoms. The van der Waals surface area contributed by atoms with Crippen molar-refractivity contribution in [3.05, 3.63) is 44.1 Å². The molecule has 0 saturated heterocycles. The minimum absolute atomic E-state index is 0.433. The van der Waals surface area contributed by atoms with Crippen LogP contribution in [0.5, 0.6) is 0 Å². The van der Waals surface area contributed by atoms with Crippen molar-refractivity contribution < 1.29 is 0 Å². The Morgan fingerprint density at radius 2 is 1.90 bits per heavy atom. The van der Waals surface area contributed by atoms with Gasteiger partial charge >= 0.3 is 0 Å². The highest BCUT2D eigenvalue weighted by molar-refractivity contribution is 9.10. The van der Waals surface area contributed by atoms with Crippen LogP contribution in [0.2, 0.25) is 10.2 Å². The standard InChI is InChI=1S/C15H15BrCl2N2/c1-8(2)6-12-13(16)14(18)20-15(19-12)10-5-4-9(3)11(17)7-10/h4-5,7-8H,6H2,1-3H3. The zero-order chi connectivity index (χ0) is 14.9. The van der Waals surface area contributed by atoms with E-state index in [4.69, 9.17) is 23.2 Å². The van der Waals surface area contributed by atoms with Gasteiger partial charge in [0.15, 0.2) is 5.82 Å². The Morgan fingerprint density at radius 3 is 2.50 bits per heavy atom. The summed E-state index contributed by atoms with van der Waals surface area (Å²) in [5.74, 6) is 1.10. The van der Waals surface area contributed by atoms with Gasteiger partial charge in [-0.05, 0) is 46.8 Å². The molecule has 0 saturated carbocycles. The number of halogens is 3. The van der Waals surface area contributed by atoms with E-state index in [0.29, 0.717) is 21.9 Å². The van der Waals surface area contributed by atoms with Gasteiger partial charge in [-0.3, -0.25) is 0 Å². The molecule has 0 aliphatic heterocycles. The molecule has 20 heavy (non-hydrogen) atoms. The highest BCUT2D eigenvalue weighted by Gasteiger charge is 2.13. The number of aromatic nitrogens is 2. The van der Waals surface area contributed by atoms with Crippen LogP contribution in [-0.2, 0) is 6.42 Å². The lowest BCUT2D eigenvalue weighted by atomic mass is 10.1. The Bertz CT molecular complexity index is 642. The Morgan fingerprint density at radius 1 is 1.20 bits per heavy atom. The van der Waals surface area contributed by atoms with Crippen molar-refractivity contribution in [3.8, 4) is 11.4 Å². The quantitative estimate of drug-likeness (QED) is 0.643. The molecule has 106 valence electrons. The zero-order valence-corrected chi connectivity index (χ0v) is 14.6. The third-order valence-corrected chi connectivity index (χ3v) is 4.65. The summed E-state index contributed by atoms with van der Waals surface area (Å²) in [6.45, 7) is 6.25. The highest BCUT2D eigenvalue weighted by Crippen LogP contribution is 2.30. The van der Waals surface area contributed by atoms with E-state index >= 15 is 0 Å². The Balaban J connectivity index is 2.51. The maximum atomic E-state index is 6.19. The first-order valence-corrected chi connectivity index (χ1v) is 7.91. The van der Waals surface area contributed by atoms with Crippen LogP contribution in [0, 0.1) is 12.8 Å².